The van der Waals surface area contributed by atoms with E-state index in [4.69, 9.17) is 4.74 Å². The molecule has 1 aromatic carbocycles. The topological polar surface area (TPSA) is 75.6 Å². The third-order valence-electron chi connectivity index (χ3n) is 3.54. The molecule has 1 amide bonds. The van der Waals surface area contributed by atoms with Gasteiger partial charge in [0.05, 0.1) is 12.5 Å². The highest BCUT2D eigenvalue weighted by Gasteiger charge is 2.30. The summed E-state index contributed by atoms with van der Waals surface area (Å²) in [6, 6.07) is 7.40. The lowest BCUT2D eigenvalue weighted by atomic mass is 9.99. The van der Waals surface area contributed by atoms with Gasteiger partial charge in [0, 0.05) is 12.5 Å². The number of carboxylic acids is 1. The molecule has 0 heterocycles. The summed E-state index contributed by atoms with van der Waals surface area (Å²) in [7, 11) is 0. The van der Waals surface area contributed by atoms with E-state index >= 15 is 0 Å². The second kappa shape index (κ2) is 7.11. The molecule has 21 heavy (non-hydrogen) atoms. The van der Waals surface area contributed by atoms with Crippen molar-refractivity contribution in [3.05, 3.63) is 29.8 Å². The Morgan fingerprint density at radius 3 is 2.52 bits per heavy atom. The Morgan fingerprint density at radius 2 is 2.00 bits per heavy atom. The molecule has 1 saturated carbocycles. The number of benzene rings is 1. The first-order chi connectivity index (χ1) is 10.1. The molecule has 114 valence electrons. The third-order valence-corrected chi connectivity index (χ3v) is 3.54. The molecule has 1 atom stereocenters. The van der Waals surface area contributed by atoms with Crippen LogP contribution in [0.2, 0.25) is 0 Å². The van der Waals surface area contributed by atoms with Crippen LogP contribution in [0.5, 0.6) is 5.75 Å². The minimum Gasteiger partial charge on any atom is -0.494 e. The maximum absolute atomic E-state index is 11.6. The summed E-state index contributed by atoms with van der Waals surface area (Å²) in [5.74, 6) is -0.640. The molecule has 0 radical (unpaired) electrons. The van der Waals surface area contributed by atoms with Crippen LogP contribution in [0.25, 0.3) is 0 Å². The number of ether oxygens (including phenoxy) is 1. The van der Waals surface area contributed by atoms with E-state index in [0.29, 0.717) is 13.0 Å². The fraction of sp³-hybridized carbons (Fsp3) is 0.500. The van der Waals surface area contributed by atoms with Crippen LogP contribution >= 0.6 is 0 Å². The predicted molar refractivity (Wildman–Crippen MR) is 78.2 cm³/mol. The summed E-state index contributed by atoms with van der Waals surface area (Å²) in [6.07, 6.45) is 2.23. The SMILES string of the molecule is CCOc1ccc(CC(CNC(=O)C2CC2)C(=O)O)cc1. The number of rotatable bonds is 8. The van der Waals surface area contributed by atoms with Gasteiger partial charge in [-0.25, -0.2) is 0 Å². The van der Waals surface area contributed by atoms with Crippen molar-refractivity contribution in [3.8, 4) is 5.75 Å². The van der Waals surface area contributed by atoms with Crippen LogP contribution in [-0.2, 0) is 16.0 Å². The number of carboxylic acid groups (broad SMARTS) is 1. The van der Waals surface area contributed by atoms with Crippen molar-refractivity contribution in [2.75, 3.05) is 13.2 Å². The third kappa shape index (κ3) is 4.77. The van der Waals surface area contributed by atoms with Crippen LogP contribution in [0.1, 0.15) is 25.3 Å². The van der Waals surface area contributed by atoms with Gasteiger partial charge in [0.2, 0.25) is 5.91 Å². The van der Waals surface area contributed by atoms with Crippen molar-refractivity contribution >= 4 is 11.9 Å². The summed E-state index contributed by atoms with van der Waals surface area (Å²) >= 11 is 0. The first-order valence-corrected chi connectivity index (χ1v) is 7.32. The van der Waals surface area contributed by atoms with E-state index < -0.39 is 11.9 Å². The van der Waals surface area contributed by atoms with E-state index in [1.807, 2.05) is 31.2 Å². The van der Waals surface area contributed by atoms with Gasteiger partial charge in [0.25, 0.3) is 0 Å². The van der Waals surface area contributed by atoms with Crippen molar-refractivity contribution in [3.63, 3.8) is 0 Å². The highest BCUT2D eigenvalue weighted by atomic mass is 16.5. The van der Waals surface area contributed by atoms with E-state index in [-0.39, 0.29) is 18.4 Å². The van der Waals surface area contributed by atoms with E-state index in [9.17, 15) is 14.7 Å². The molecule has 0 aromatic heterocycles. The zero-order valence-corrected chi connectivity index (χ0v) is 12.2. The molecule has 0 spiro atoms. The Labute approximate surface area is 124 Å². The van der Waals surface area contributed by atoms with Gasteiger partial charge in [-0.15, -0.1) is 0 Å². The zero-order valence-electron chi connectivity index (χ0n) is 12.2. The molecule has 1 fully saturated rings. The molecule has 2 N–H and O–H groups in total. The predicted octanol–water partition coefficient (Wildman–Crippen LogP) is 1.85. The maximum atomic E-state index is 11.6. The van der Waals surface area contributed by atoms with E-state index in [0.717, 1.165) is 24.2 Å². The minimum absolute atomic E-state index is 0.0204. The number of amides is 1. The molecule has 1 unspecified atom stereocenters. The molecule has 1 aliphatic rings. The Bertz CT molecular complexity index is 494. The number of nitrogens with one attached hydrogen (secondary N) is 1. The molecule has 1 aromatic rings. The molecular formula is C16H21NO4. The van der Waals surface area contributed by atoms with Gasteiger partial charge in [0.1, 0.15) is 5.75 Å². The van der Waals surface area contributed by atoms with Crippen LogP contribution in [-0.4, -0.2) is 30.1 Å². The molecule has 5 nitrogen and oxygen atoms in total. The second-order valence-electron chi connectivity index (χ2n) is 5.34. The highest BCUT2D eigenvalue weighted by Crippen LogP contribution is 2.28. The Kier molecular flexibility index (Phi) is 5.20. The average molecular weight is 291 g/mol. The summed E-state index contributed by atoms with van der Waals surface area (Å²) < 4.78 is 5.35. The van der Waals surface area contributed by atoms with Crippen LogP contribution in [0.4, 0.5) is 0 Å². The van der Waals surface area contributed by atoms with Gasteiger partial charge < -0.3 is 15.2 Å². The minimum atomic E-state index is -0.889. The molecular weight excluding hydrogens is 270 g/mol. The van der Waals surface area contributed by atoms with Crippen LogP contribution in [0.3, 0.4) is 0 Å². The summed E-state index contributed by atoms with van der Waals surface area (Å²) in [5, 5.41) is 12.0. The number of hydrogen-bond acceptors (Lipinski definition) is 3. The second-order valence-corrected chi connectivity index (χ2v) is 5.34. The van der Waals surface area contributed by atoms with Gasteiger partial charge in [-0.2, -0.15) is 0 Å². The van der Waals surface area contributed by atoms with E-state index in [1.165, 1.54) is 0 Å². The fourth-order valence-corrected chi connectivity index (χ4v) is 2.13. The quantitative estimate of drug-likeness (QED) is 0.766. The molecule has 5 heteroatoms. The number of carbonyl (C=O) groups excluding carboxylic acids is 1. The Morgan fingerprint density at radius 1 is 1.33 bits per heavy atom. The normalized spacial score (nSPS) is 15.3. The number of hydrogen-bond donors (Lipinski definition) is 2. The van der Waals surface area contributed by atoms with Gasteiger partial charge in [0.15, 0.2) is 0 Å². The van der Waals surface area contributed by atoms with Gasteiger partial charge >= 0.3 is 5.97 Å². The maximum Gasteiger partial charge on any atom is 0.308 e. The van der Waals surface area contributed by atoms with Crippen molar-refractivity contribution in [1.29, 1.82) is 0 Å². The smallest absolute Gasteiger partial charge is 0.308 e. The van der Waals surface area contributed by atoms with Crippen molar-refractivity contribution in [1.82, 2.24) is 5.32 Å². The Hall–Kier alpha value is -2.04. The lowest BCUT2D eigenvalue weighted by molar-refractivity contribution is -0.141. The molecule has 1 aliphatic carbocycles. The number of aliphatic carboxylic acids is 1. The molecule has 2 rings (SSSR count). The standard InChI is InChI=1S/C16H21NO4/c1-2-21-14-7-3-11(4-8-14)9-13(16(19)20)10-17-15(18)12-5-6-12/h3-4,7-8,12-13H,2,5-6,9-10H2,1H3,(H,17,18)(H,19,20). The first-order valence-electron chi connectivity index (χ1n) is 7.32. The molecule has 0 bridgehead atoms. The lowest BCUT2D eigenvalue weighted by Crippen LogP contribution is -2.34. The zero-order chi connectivity index (χ0) is 15.2. The van der Waals surface area contributed by atoms with E-state index in [1.54, 1.807) is 0 Å². The average Bonchev–Trinajstić information content (AvgIpc) is 3.29. The summed E-state index contributed by atoms with van der Waals surface area (Å²) in [4.78, 5) is 22.9. The van der Waals surface area contributed by atoms with Crippen LogP contribution in [0, 0.1) is 11.8 Å². The van der Waals surface area contributed by atoms with Crippen molar-refractivity contribution in [2.24, 2.45) is 11.8 Å². The van der Waals surface area contributed by atoms with Crippen molar-refractivity contribution < 1.29 is 19.4 Å². The Balaban J connectivity index is 1.88. The monoisotopic (exact) mass is 291 g/mol. The van der Waals surface area contributed by atoms with Crippen LogP contribution in [0.15, 0.2) is 24.3 Å². The van der Waals surface area contributed by atoms with Crippen LogP contribution < -0.4 is 10.1 Å². The highest BCUT2D eigenvalue weighted by molar-refractivity contribution is 5.81. The largest absolute Gasteiger partial charge is 0.494 e. The van der Waals surface area contributed by atoms with Gasteiger partial charge in [-0.05, 0) is 43.9 Å². The lowest BCUT2D eigenvalue weighted by Gasteiger charge is -2.14. The van der Waals surface area contributed by atoms with Crippen molar-refractivity contribution in [2.45, 2.75) is 26.2 Å². The molecule has 0 saturated heterocycles. The van der Waals surface area contributed by atoms with Gasteiger partial charge in [-0.3, -0.25) is 9.59 Å². The number of carbonyl (C=O) groups is 2. The summed E-state index contributed by atoms with van der Waals surface area (Å²) in [6.45, 7) is 2.69. The first kappa shape index (κ1) is 15.4. The summed E-state index contributed by atoms with van der Waals surface area (Å²) in [5.41, 5.74) is 0.923. The molecule has 0 aliphatic heterocycles. The van der Waals surface area contributed by atoms with E-state index in [2.05, 4.69) is 5.32 Å². The van der Waals surface area contributed by atoms with Gasteiger partial charge in [-0.1, -0.05) is 12.1 Å². The fourth-order valence-electron chi connectivity index (χ4n) is 2.13.